The first-order valence-electron chi connectivity index (χ1n) is 8.10. The maximum atomic E-state index is 12.3. The number of rotatable bonds is 4. The van der Waals surface area contributed by atoms with Gasteiger partial charge < -0.3 is 20.4 Å². The number of anilines is 2. The molecule has 0 radical (unpaired) electrons. The van der Waals surface area contributed by atoms with Gasteiger partial charge in [-0.3, -0.25) is 9.59 Å². The Bertz CT molecular complexity index is 719. The zero-order chi connectivity index (χ0) is 16.9. The van der Waals surface area contributed by atoms with E-state index in [1.54, 1.807) is 24.3 Å². The van der Waals surface area contributed by atoms with Gasteiger partial charge in [0.05, 0.1) is 6.26 Å². The highest BCUT2D eigenvalue weighted by molar-refractivity contribution is 6.03. The molecule has 0 atom stereocenters. The molecule has 0 aliphatic carbocycles. The molecule has 0 bridgehead atoms. The standard InChI is InChI=1S/C18H21N3O3/c1-12-11-14(20-17(22)13-6-8-19-9-7-13)4-5-15(12)21-18(23)16-3-2-10-24-16/h2-5,10-11,13,19H,6-9H2,1H3,(H,20,22)(H,21,23). The van der Waals surface area contributed by atoms with Gasteiger partial charge in [0.15, 0.2) is 5.76 Å². The largest absolute Gasteiger partial charge is 0.459 e. The molecule has 1 aromatic carbocycles. The minimum absolute atomic E-state index is 0.0586. The van der Waals surface area contributed by atoms with Crippen molar-refractivity contribution < 1.29 is 14.0 Å². The van der Waals surface area contributed by atoms with Gasteiger partial charge in [0, 0.05) is 17.3 Å². The van der Waals surface area contributed by atoms with Crippen molar-refractivity contribution in [1.82, 2.24) is 5.32 Å². The third kappa shape index (κ3) is 3.83. The van der Waals surface area contributed by atoms with Crippen molar-refractivity contribution in [3.63, 3.8) is 0 Å². The first-order chi connectivity index (χ1) is 11.6. The summed E-state index contributed by atoms with van der Waals surface area (Å²) in [5, 5.41) is 9.02. The predicted molar refractivity (Wildman–Crippen MR) is 92.1 cm³/mol. The first kappa shape index (κ1) is 16.3. The maximum absolute atomic E-state index is 12.3. The van der Waals surface area contributed by atoms with E-state index in [1.165, 1.54) is 6.26 Å². The van der Waals surface area contributed by atoms with E-state index in [2.05, 4.69) is 16.0 Å². The van der Waals surface area contributed by atoms with Crippen LogP contribution in [0.2, 0.25) is 0 Å². The van der Waals surface area contributed by atoms with Crippen molar-refractivity contribution in [2.45, 2.75) is 19.8 Å². The number of carbonyl (C=O) groups excluding carboxylic acids is 2. The second-order valence-corrected chi connectivity index (χ2v) is 5.97. The van der Waals surface area contributed by atoms with Crippen LogP contribution in [0.4, 0.5) is 11.4 Å². The Hall–Kier alpha value is -2.60. The van der Waals surface area contributed by atoms with E-state index in [9.17, 15) is 9.59 Å². The molecule has 1 aliphatic rings. The van der Waals surface area contributed by atoms with Gasteiger partial charge in [-0.25, -0.2) is 0 Å². The Kier molecular flexibility index (Phi) is 4.96. The summed E-state index contributed by atoms with van der Waals surface area (Å²) in [6.45, 7) is 3.65. The molecule has 1 fully saturated rings. The molecular weight excluding hydrogens is 306 g/mol. The molecule has 126 valence electrons. The molecule has 1 saturated heterocycles. The lowest BCUT2D eigenvalue weighted by Gasteiger charge is -2.22. The lowest BCUT2D eigenvalue weighted by molar-refractivity contribution is -0.120. The number of hydrogen-bond donors (Lipinski definition) is 3. The van der Waals surface area contributed by atoms with E-state index in [0.717, 1.165) is 37.2 Å². The molecular formula is C18H21N3O3. The molecule has 6 nitrogen and oxygen atoms in total. The highest BCUT2D eigenvalue weighted by Crippen LogP contribution is 2.22. The summed E-state index contributed by atoms with van der Waals surface area (Å²) in [5.74, 6) is 0.0837. The van der Waals surface area contributed by atoms with Crippen molar-refractivity contribution in [2.75, 3.05) is 23.7 Å². The van der Waals surface area contributed by atoms with Crippen LogP contribution in [0.3, 0.4) is 0 Å². The van der Waals surface area contributed by atoms with E-state index in [1.807, 2.05) is 13.0 Å². The number of amides is 2. The summed E-state index contributed by atoms with van der Waals surface area (Å²) in [6.07, 6.45) is 3.19. The van der Waals surface area contributed by atoms with Gasteiger partial charge in [-0.1, -0.05) is 0 Å². The SMILES string of the molecule is Cc1cc(NC(=O)C2CCNCC2)ccc1NC(=O)c1ccco1. The lowest BCUT2D eigenvalue weighted by atomic mass is 9.97. The summed E-state index contributed by atoms with van der Waals surface area (Å²) in [6, 6.07) is 8.72. The van der Waals surface area contributed by atoms with Crippen LogP contribution in [0.25, 0.3) is 0 Å². The number of nitrogens with one attached hydrogen (secondary N) is 3. The molecule has 2 aromatic rings. The van der Waals surface area contributed by atoms with E-state index < -0.39 is 0 Å². The molecule has 3 N–H and O–H groups in total. The van der Waals surface area contributed by atoms with Gasteiger partial charge in [0.25, 0.3) is 5.91 Å². The number of furan rings is 1. The Labute approximate surface area is 140 Å². The molecule has 2 amide bonds. The van der Waals surface area contributed by atoms with Crippen LogP contribution < -0.4 is 16.0 Å². The number of piperidine rings is 1. The van der Waals surface area contributed by atoms with Crippen LogP contribution in [0.5, 0.6) is 0 Å². The summed E-state index contributed by atoms with van der Waals surface area (Å²) >= 11 is 0. The van der Waals surface area contributed by atoms with Crippen molar-refractivity contribution in [2.24, 2.45) is 5.92 Å². The van der Waals surface area contributed by atoms with Crippen LogP contribution in [0.15, 0.2) is 41.0 Å². The first-order valence-corrected chi connectivity index (χ1v) is 8.10. The minimum atomic E-state index is -0.297. The third-order valence-electron chi connectivity index (χ3n) is 4.20. The van der Waals surface area contributed by atoms with E-state index in [4.69, 9.17) is 4.42 Å². The fraction of sp³-hybridized carbons (Fsp3) is 0.333. The number of carbonyl (C=O) groups is 2. The van der Waals surface area contributed by atoms with Gasteiger partial charge in [-0.05, 0) is 68.8 Å². The van der Waals surface area contributed by atoms with Gasteiger partial charge in [0.2, 0.25) is 5.91 Å². The topological polar surface area (TPSA) is 83.4 Å². The molecule has 3 rings (SSSR count). The lowest BCUT2D eigenvalue weighted by Crippen LogP contribution is -2.34. The predicted octanol–water partition coefficient (Wildman–Crippen LogP) is 2.78. The molecule has 6 heteroatoms. The Morgan fingerprint density at radius 1 is 1.17 bits per heavy atom. The van der Waals surface area contributed by atoms with Crippen LogP contribution in [0, 0.1) is 12.8 Å². The summed E-state index contributed by atoms with van der Waals surface area (Å²) in [7, 11) is 0. The van der Waals surface area contributed by atoms with Gasteiger partial charge in [-0.2, -0.15) is 0 Å². The molecule has 1 aromatic heterocycles. The smallest absolute Gasteiger partial charge is 0.291 e. The van der Waals surface area contributed by atoms with Crippen molar-refractivity contribution in [3.8, 4) is 0 Å². The average molecular weight is 327 g/mol. The third-order valence-corrected chi connectivity index (χ3v) is 4.20. The summed E-state index contributed by atoms with van der Waals surface area (Å²) in [4.78, 5) is 24.3. The maximum Gasteiger partial charge on any atom is 0.291 e. The summed E-state index contributed by atoms with van der Waals surface area (Å²) < 4.78 is 5.08. The van der Waals surface area contributed by atoms with Gasteiger partial charge >= 0.3 is 0 Å². The monoisotopic (exact) mass is 327 g/mol. The van der Waals surface area contributed by atoms with Crippen LogP contribution in [0.1, 0.15) is 29.0 Å². The zero-order valence-corrected chi connectivity index (χ0v) is 13.6. The zero-order valence-electron chi connectivity index (χ0n) is 13.6. The average Bonchev–Trinajstić information content (AvgIpc) is 3.13. The number of aryl methyl sites for hydroxylation is 1. The molecule has 1 aliphatic heterocycles. The number of hydrogen-bond acceptors (Lipinski definition) is 4. The van der Waals surface area contributed by atoms with Crippen LogP contribution >= 0.6 is 0 Å². The van der Waals surface area contributed by atoms with Crippen LogP contribution in [-0.2, 0) is 4.79 Å². The van der Waals surface area contributed by atoms with E-state index in [0.29, 0.717) is 5.69 Å². The molecule has 2 heterocycles. The minimum Gasteiger partial charge on any atom is -0.459 e. The van der Waals surface area contributed by atoms with Gasteiger partial charge in [-0.15, -0.1) is 0 Å². The fourth-order valence-corrected chi connectivity index (χ4v) is 2.80. The van der Waals surface area contributed by atoms with Gasteiger partial charge in [0.1, 0.15) is 0 Å². The Morgan fingerprint density at radius 3 is 2.62 bits per heavy atom. The number of benzene rings is 1. The van der Waals surface area contributed by atoms with E-state index >= 15 is 0 Å². The Balaban J connectivity index is 1.63. The fourth-order valence-electron chi connectivity index (χ4n) is 2.80. The summed E-state index contributed by atoms with van der Waals surface area (Å²) in [5.41, 5.74) is 2.31. The highest BCUT2D eigenvalue weighted by Gasteiger charge is 2.21. The van der Waals surface area contributed by atoms with Crippen LogP contribution in [-0.4, -0.2) is 24.9 Å². The quantitative estimate of drug-likeness (QED) is 0.806. The molecule has 24 heavy (non-hydrogen) atoms. The normalized spacial score (nSPS) is 15.0. The second kappa shape index (κ2) is 7.31. The van der Waals surface area contributed by atoms with Crippen molar-refractivity contribution in [1.29, 1.82) is 0 Å². The van der Waals surface area contributed by atoms with E-state index in [-0.39, 0.29) is 23.5 Å². The molecule has 0 unspecified atom stereocenters. The molecule has 0 saturated carbocycles. The molecule has 0 spiro atoms. The van der Waals surface area contributed by atoms with Crippen molar-refractivity contribution >= 4 is 23.2 Å². The highest BCUT2D eigenvalue weighted by atomic mass is 16.3. The Morgan fingerprint density at radius 2 is 1.96 bits per heavy atom. The van der Waals surface area contributed by atoms with Crippen molar-refractivity contribution in [3.05, 3.63) is 47.9 Å². The second-order valence-electron chi connectivity index (χ2n) is 5.97.